The zero-order valence-corrected chi connectivity index (χ0v) is 8.65. The van der Waals surface area contributed by atoms with Crippen LogP contribution in [-0.4, -0.2) is 11.1 Å². The lowest BCUT2D eigenvalue weighted by molar-refractivity contribution is -0.131. The maximum Gasteiger partial charge on any atom is 0.329 e. The quantitative estimate of drug-likeness (QED) is 0.649. The first-order valence-electron chi connectivity index (χ1n) is 3.74. The summed E-state index contributed by atoms with van der Waals surface area (Å²) in [5, 5.41) is 17.2. The van der Waals surface area contributed by atoms with Gasteiger partial charge in [0.15, 0.2) is 0 Å². The third-order valence-corrected chi connectivity index (χ3v) is 2.07. The molecule has 0 fully saturated rings. The van der Waals surface area contributed by atoms with Gasteiger partial charge in [0.25, 0.3) is 0 Å². The Morgan fingerprint density at radius 2 is 2.00 bits per heavy atom. The van der Waals surface area contributed by atoms with Gasteiger partial charge in [0.2, 0.25) is 0 Å². The van der Waals surface area contributed by atoms with Crippen LogP contribution in [0.4, 0.5) is 0 Å². The molecule has 0 radical (unpaired) electrons. The molecule has 0 heterocycles. The number of benzene rings is 1. The average molecular weight is 252 g/mol. The van der Waals surface area contributed by atoms with Crippen molar-refractivity contribution in [2.75, 3.05) is 0 Å². The van der Waals surface area contributed by atoms with E-state index in [1.54, 1.807) is 24.3 Å². The summed E-state index contributed by atoms with van der Waals surface area (Å²) in [7, 11) is 0. The Labute approximate surface area is 89.4 Å². The molecular weight excluding hydrogens is 246 g/mol. The van der Waals surface area contributed by atoms with Gasteiger partial charge < -0.3 is 5.11 Å². The summed E-state index contributed by atoms with van der Waals surface area (Å²) in [5.74, 6) is -1.12. The highest BCUT2D eigenvalue weighted by atomic mass is 79.9. The number of rotatable bonds is 2. The Balaban J connectivity index is 3.09. The van der Waals surface area contributed by atoms with E-state index in [1.165, 1.54) is 0 Å². The molecule has 0 saturated carbocycles. The van der Waals surface area contributed by atoms with Crippen molar-refractivity contribution < 1.29 is 9.90 Å². The van der Waals surface area contributed by atoms with Crippen LogP contribution >= 0.6 is 15.9 Å². The molecule has 1 aromatic carbocycles. The van der Waals surface area contributed by atoms with Gasteiger partial charge in [-0.25, -0.2) is 4.79 Å². The molecule has 0 spiro atoms. The molecule has 0 aliphatic heterocycles. The van der Waals surface area contributed by atoms with Crippen LogP contribution in [-0.2, 0) is 4.79 Å². The number of hydrogen-bond donors (Lipinski definition) is 1. The van der Waals surface area contributed by atoms with Gasteiger partial charge in [0.1, 0.15) is 6.07 Å². The molecule has 1 rings (SSSR count). The third-order valence-electron chi connectivity index (χ3n) is 1.54. The number of hydrogen-bond acceptors (Lipinski definition) is 2. The molecule has 0 aliphatic carbocycles. The smallest absolute Gasteiger partial charge is 0.329 e. The molecule has 0 saturated heterocycles. The van der Waals surface area contributed by atoms with Gasteiger partial charge in [-0.1, -0.05) is 28.1 Å². The summed E-state index contributed by atoms with van der Waals surface area (Å²) < 4.78 is 0.883. The molecule has 0 bridgehead atoms. The summed E-state index contributed by atoms with van der Waals surface area (Å²) in [6.45, 7) is 0. The van der Waals surface area contributed by atoms with Crippen molar-refractivity contribution in [2.24, 2.45) is 0 Å². The molecule has 14 heavy (non-hydrogen) atoms. The highest BCUT2D eigenvalue weighted by Gasteiger charge is 2.02. The van der Waals surface area contributed by atoms with Gasteiger partial charge >= 0.3 is 5.97 Å². The Morgan fingerprint density at radius 1 is 1.43 bits per heavy atom. The zero-order chi connectivity index (χ0) is 10.6. The Morgan fingerprint density at radius 3 is 2.43 bits per heavy atom. The molecule has 0 unspecified atom stereocenters. The summed E-state index contributed by atoms with van der Waals surface area (Å²) in [6, 6.07) is 8.70. The van der Waals surface area contributed by atoms with E-state index in [0.29, 0.717) is 5.56 Å². The van der Waals surface area contributed by atoms with Crippen LogP contribution in [0, 0.1) is 11.3 Å². The van der Waals surface area contributed by atoms with E-state index >= 15 is 0 Å². The second kappa shape index (κ2) is 4.58. The summed E-state index contributed by atoms with van der Waals surface area (Å²) in [5.41, 5.74) is 0.739. The average Bonchev–Trinajstić information content (AvgIpc) is 2.15. The van der Waals surface area contributed by atoms with Gasteiger partial charge in [-0.15, -0.1) is 0 Å². The topological polar surface area (TPSA) is 61.1 Å². The molecule has 0 amide bonds. The fraction of sp³-hybridized carbons (Fsp3) is 0. The van der Waals surface area contributed by atoms with Gasteiger partial charge in [-0.05, 0) is 17.7 Å². The van der Waals surface area contributed by atoms with E-state index < -0.39 is 5.97 Å². The van der Waals surface area contributed by atoms with Crippen molar-refractivity contribution in [3.05, 3.63) is 40.4 Å². The third kappa shape index (κ3) is 2.71. The molecule has 0 aliphatic rings. The SMILES string of the molecule is N#CC(=CC(=O)O)c1ccc(Br)cc1. The minimum atomic E-state index is -1.12. The molecule has 0 aromatic heterocycles. The number of nitrogens with zero attached hydrogens (tertiary/aromatic N) is 1. The molecule has 4 heteroatoms. The van der Waals surface area contributed by atoms with Gasteiger partial charge in [0.05, 0.1) is 5.57 Å². The minimum absolute atomic E-state index is 0.144. The summed E-state index contributed by atoms with van der Waals surface area (Å²) in [6.07, 6.45) is 0.892. The number of carboxylic acid groups (broad SMARTS) is 1. The largest absolute Gasteiger partial charge is 0.478 e. The first kappa shape index (κ1) is 10.5. The maximum absolute atomic E-state index is 10.4. The lowest BCUT2D eigenvalue weighted by Gasteiger charge is -1.97. The lowest BCUT2D eigenvalue weighted by atomic mass is 10.1. The highest BCUT2D eigenvalue weighted by molar-refractivity contribution is 9.10. The van der Waals surface area contributed by atoms with Crippen LogP contribution in [0.1, 0.15) is 5.56 Å². The Kier molecular flexibility index (Phi) is 3.43. The molecule has 1 aromatic rings. The van der Waals surface area contributed by atoms with E-state index in [1.807, 2.05) is 6.07 Å². The number of carboxylic acids is 1. The number of carbonyl (C=O) groups is 1. The van der Waals surface area contributed by atoms with Crippen LogP contribution in [0.3, 0.4) is 0 Å². The predicted octanol–water partition coefficient (Wildman–Crippen LogP) is 2.44. The van der Waals surface area contributed by atoms with E-state index in [-0.39, 0.29) is 5.57 Å². The van der Waals surface area contributed by atoms with Crippen molar-refractivity contribution >= 4 is 27.5 Å². The number of nitriles is 1. The second-order valence-electron chi connectivity index (χ2n) is 2.51. The van der Waals surface area contributed by atoms with Crippen LogP contribution < -0.4 is 0 Å². The minimum Gasteiger partial charge on any atom is -0.478 e. The summed E-state index contributed by atoms with van der Waals surface area (Å²) in [4.78, 5) is 10.4. The van der Waals surface area contributed by atoms with E-state index in [9.17, 15) is 4.79 Å². The zero-order valence-electron chi connectivity index (χ0n) is 7.07. The van der Waals surface area contributed by atoms with Crippen molar-refractivity contribution in [3.63, 3.8) is 0 Å². The fourth-order valence-electron chi connectivity index (χ4n) is 0.933. The van der Waals surface area contributed by atoms with Crippen LogP contribution in [0.5, 0.6) is 0 Å². The first-order valence-corrected chi connectivity index (χ1v) is 4.53. The maximum atomic E-state index is 10.4. The Bertz CT molecular complexity index is 415. The van der Waals surface area contributed by atoms with Crippen molar-refractivity contribution in [2.45, 2.75) is 0 Å². The molecule has 1 N–H and O–H groups in total. The lowest BCUT2D eigenvalue weighted by Crippen LogP contribution is -1.90. The molecule has 70 valence electrons. The van der Waals surface area contributed by atoms with Crippen molar-refractivity contribution in [3.8, 4) is 6.07 Å². The number of allylic oxidation sites excluding steroid dienone is 1. The van der Waals surface area contributed by atoms with E-state index in [0.717, 1.165) is 10.5 Å². The van der Waals surface area contributed by atoms with Gasteiger partial charge in [0, 0.05) is 10.5 Å². The van der Waals surface area contributed by atoms with Crippen LogP contribution in [0.25, 0.3) is 5.57 Å². The normalized spacial score (nSPS) is 10.7. The molecule has 3 nitrogen and oxygen atoms in total. The van der Waals surface area contributed by atoms with Gasteiger partial charge in [-0.3, -0.25) is 0 Å². The molecular formula is C10H6BrNO2. The Hall–Kier alpha value is -1.60. The first-order chi connectivity index (χ1) is 6.63. The predicted molar refractivity (Wildman–Crippen MR) is 55.4 cm³/mol. The van der Waals surface area contributed by atoms with Gasteiger partial charge in [-0.2, -0.15) is 5.26 Å². The number of halogens is 1. The monoisotopic (exact) mass is 251 g/mol. The highest BCUT2D eigenvalue weighted by Crippen LogP contribution is 2.17. The van der Waals surface area contributed by atoms with Crippen molar-refractivity contribution in [1.29, 1.82) is 5.26 Å². The van der Waals surface area contributed by atoms with Crippen molar-refractivity contribution in [1.82, 2.24) is 0 Å². The summed E-state index contributed by atoms with van der Waals surface area (Å²) >= 11 is 3.25. The van der Waals surface area contributed by atoms with Crippen LogP contribution in [0.2, 0.25) is 0 Å². The van der Waals surface area contributed by atoms with Crippen LogP contribution in [0.15, 0.2) is 34.8 Å². The molecule has 0 atom stereocenters. The standard InChI is InChI=1S/C10H6BrNO2/c11-9-3-1-7(2-4-9)8(6-12)5-10(13)14/h1-5H,(H,13,14). The second-order valence-corrected chi connectivity index (χ2v) is 3.43. The number of aliphatic carboxylic acids is 1. The van der Waals surface area contributed by atoms with E-state index in [2.05, 4.69) is 15.9 Å². The van der Waals surface area contributed by atoms with E-state index in [4.69, 9.17) is 10.4 Å². The fourth-order valence-corrected chi connectivity index (χ4v) is 1.20.